The van der Waals surface area contributed by atoms with Crippen LogP contribution in [0.1, 0.15) is 106 Å². The van der Waals surface area contributed by atoms with Crippen LogP contribution in [0.4, 0.5) is 0 Å². The Bertz CT molecular complexity index is 255. The van der Waals surface area contributed by atoms with E-state index in [1.807, 2.05) is 26.3 Å². The van der Waals surface area contributed by atoms with E-state index in [0.29, 0.717) is 0 Å². The summed E-state index contributed by atoms with van der Waals surface area (Å²) in [6, 6.07) is 0. The summed E-state index contributed by atoms with van der Waals surface area (Å²) in [5.74, 6) is 2.70. The van der Waals surface area contributed by atoms with Crippen LogP contribution in [0.15, 0.2) is 11.6 Å². The average molecular weight is 412 g/mol. The van der Waals surface area contributed by atoms with Crippen LogP contribution in [-0.4, -0.2) is 0 Å². The molecule has 0 aliphatic heterocycles. The maximum atomic E-state index is 3.83. The average Bonchev–Trinajstić information content (AvgIpc) is 2.47. The van der Waals surface area contributed by atoms with Crippen LogP contribution in [0.25, 0.3) is 0 Å². The molecule has 0 spiro atoms. The van der Waals surface area contributed by atoms with Gasteiger partial charge in [0.2, 0.25) is 0 Å². The second kappa shape index (κ2) is 21.8. The summed E-state index contributed by atoms with van der Waals surface area (Å²) in [5.41, 5.74) is 1.44. The van der Waals surface area contributed by atoms with Crippen molar-refractivity contribution in [1.82, 2.24) is 0 Å². The van der Waals surface area contributed by atoms with E-state index < -0.39 is 0 Å². The van der Waals surface area contributed by atoms with Gasteiger partial charge in [-0.2, -0.15) is 13.8 Å². The molecule has 0 saturated carbocycles. The summed E-state index contributed by atoms with van der Waals surface area (Å²) >= 11 is 0. The third kappa shape index (κ3) is 25.0. The minimum atomic E-state index is 0. The number of hydrogen-bond donors (Lipinski definition) is 0. The Morgan fingerprint density at radius 1 is 0.833 bits per heavy atom. The molecule has 2 atom stereocenters. The Kier molecular flexibility index (Phi) is 26.7. The minimum Gasteiger partial charge on any atom is -0.335 e. The van der Waals surface area contributed by atoms with Crippen molar-refractivity contribution in [3.8, 4) is 0 Å². The number of allylic oxidation sites excluding steroid dienone is 2. The van der Waals surface area contributed by atoms with E-state index in [-0.39, 0.29) is 32.7 Å². The Morgan fingerprint density at radius 3 is 1.58 bits per heavy atom. The molecular weight excluding hydrogens is 365 g/mol. The molecule has 0 unspecified atom stereocenters. The fraction of sp³-hybridized carbons (Fsp3) is 0.826. The Hall–Kier alpha value is 0.714. The summed E-state index contributed by atoms with van der Waals surface area (Å²) in [6.45, 7) is 19.5. The Morgan fingerprint density at radius 2 is 1.21 bits per heavy atom. The van der Waals surface area contributed by atoms with Crippen molar-refractivity contribution >= 4 is 0 Å². The SMILES string of the molecule is C[CH-]C.[CH2-]/C=C(\C)CCC[C@H](C)CCC[C@H](C)CCCC(C)C.[Y]. The van der Waals surface area contributed by atoms with E-state index in [2.05, 4.69) is 41.5 Å². The molecule has 0 aliphatic carbocycles. The van der Waals surface area contributed by atoms with Crippen LogP contribution in [0.2, 0.25) is 0 Å². The van der Waals surface area contributed by atoms with E-state index in [1.54, 1.807) is 0 Å². The fourth-order valence-electron chi connectivity index (χ4n) is 2.81. The quantitative estimate of drug-likeness (QED) is 0.283. The molecule has 0 heterocycles. The first kappa shape index (κ1) is 29.5. The predicted octanol–water partition coefficient (Wildman–Crippen LogP) is 8.43. The van der Waals surface area contributed by atoms with E-state index >= 15 is 0 Å². The van der Waals surface area contributed by atoms with Gasteiger partial charge in [0, 0.05) is 32.7 Å². The molecule has 24 heavy (non-hydrogen) atoms. The van der Waals surface area contributed by atoms with Crippen LogP contribution in [0.3, 0.4) is 0 Å². The predicted molar refractivity (Wildman–Crippen MR) is 109 cm³/mol. The summed E-state index contributed by atoms with van der Waals surface area (Å²) in [7, 11) is 0. The molecule has 0 aromatic rings. The van der Waals surface area contributed by atoms with Crippen molar-refractivity contribution in [3.63, 3.8) is 0 Å². The summed E-state index contributed by atoms with van der Waals surface area (Å²) in [5, 5.41) is 0. The van der Waals surface area contributed by atoms with E-state index in [0.717, 1.165) is 17.8 Å². The number of rotatable bonds is 12. The topological polar surface area (TPSA) is 0 Å². The van der Waals surface area contributed by atoms with Gasteiger partial charge in [-0.15, -0.1) is 6.92 Å². The zero-order valence-electron chi connectivity index (χ0n) is 18.0. The summed E-state index contributed by atoms with van der Waals surface area (Å²) in [4.78, 5) is 0. The first-order valence-corrected chi connectivity index (χ1v) is 10.1. The zero-order chi connectivity index (χ0) is 18.1. The Labute approximate surface area is 180 Å². The van der Waals surface area contributed by atoms with Crippen molar-refractivity contribution in [2.75, 3.05) is 0 Å². The first-order chi connectivity index (χ1) is 10.9. The van der Waals surface area contributed by atoms with Gasteiger partial charge < -0.3 is 6.42 Å². The van der Waals surface area contributed by atoms with E-state index in [1.165, 1.54) is 63.4 Å². The summed E-state index contributed by atoms with van der Waals surface area (Å²) in [6.07, 6.45) is 16.5. The van der Waals surface area contributed by atoms with Crippen LogP contribution in [-0.2, 0) is 32.7 Å². The maximum absolute atomic E-state index is 3.83. The zero-order valence-corrected chi connectivity index (χ0v) is 20.9. The molecule has 0 aromatic carbocycles. The molecule has 0 aromatic heterocycles. The second-order valence-corrected chi connectivity index (χ2v) is 7.99. The minimum absolute atomic E-state index is 0. The smallest absolute Gasteiger partial charge is 0 e. The molecular formula is C23H46Y-2. The van der Waals surface area contributed by atoms with Crippen molar-refractivity contribution in [2.45, 2.75) is 106 Å². The first-order valence-electron chi connectivity index (χ1n) is 10.1. The third-order valence-electron chi connectivity index (χ3n) is 4.49. The van der Waals surface area contributed by atoms with Gasteiger partial charge in [-0.25, -0.2) is 18.6 Å². The molecule has 0 amide bonds. The normalized spacial score (nSPS) is 13.8. The molecule has 1 heteroatoms. The van der Waals surface area contributed by atoms with Crippen LogP contribution in [0.5, 0.6) is 0 Å². The van der Waals surface area contributed by atoms with Gasteiger partial charge >= 0.3 is 0 Å². The standard InChI is InChI=1S/C20H39.C3H7.Y/c1-7-18(4)12-9-14-20(6)16-10-15-19(5)13-8-11-17(2)3;1-3-2;/h7,17,19-20H,1,8-16H2,2-6H3;3H,1-2H3;/q2*-1;/b18-7+;;/t19-,20+;;/m1../s1. The van der Waals surface area contributed by atoms with Crippen molar-refractivity contribution < 1.29 is 32.7 Å². The molecule has 0 fully saturated rings. The molecule has 1 radical (unpaired) electrons. The largest absolute Gasteiger partial charge is 0.335 e. The van der Waals surface area contributed by atoms with Gasteiger partial charge in [0.05, 0.1) is 0 Å². The third-order valence-corrected chi connectivity index (χ3v) is 4.49. The summed E-state index contributed by atoms with van der Waals surface area (Å²) < 4.78 is 0. The van der Waals surface area contributed by atoms with Crippen LogP contribution >= 0.6 is 0 Å². The fourth-order valence-corrected chi connectivity index (χ4v) is 2.81. The van der Waals surface area contributed by atoms with Gasteiger partial charge in [-0.3, -0.25) is 0 Å². The number of hydrogen-bond acceptors (Lipinski definition) is 0. The molecule has 0 aliphatic rings. The van der Waals surface area contributed by atoms with Crippen molar-refractivity contribution in [3.05, 3.63) is 25.0 Å². The Balaban J connectivity index is -0.00000102. The molecule has 0 bridgehead atoms. The monoisotopic (exact) mass is 411 g/mol. The van der Waals surface area contributed by atoms with Crippen LogP contribution in [0, 0.1) is 31.1 Å². The maximum Gasteiger partial charge on any atom is 0 e. The van der Waals surface area contributed by atoms with Gasteiger partial charge in [-0.05, 0) is 17.8 Å². The van der Waals surface area contributed by atoms with Gasteiger partial charge in [0.25, 0.3) is 0 Å². The van der Waals surface area contributed by atoms with E-state index in [9.17, 15) is 0 Å². The molecule has 0 N–H and O–H groups in total. The van der Waals surface area contributed by atoms with E-state index in [4.69, 9.17) is 0 Å². The molecule has 143 valence electrons. The van der Waals surface area contributed by atoms with Crippen LogP contribution < -0.4 is 0 Å². The van der Waals surface area contributed by atoms with Gasteiger partial charge in [-0.1, -0.05) is 85.5 Å². The van der Waals surface area contributed by atoms with Gasteiger partial charge in [0.1, 0.15) is 0 Å². The van der Waals surface area contributed by atoms with Crippen molar-refractivity contribution in [2.24, 2.45) is 17.8 Å². The second-order valence-electron chi connectivity index (χ2n) is 7.99. The van der Waals surface area contributed by atoms with Gasteiger partial charge in [0.15, 0.2) is 0 Å². The molecule has 0 saturated heterocycles. The van der Waals surface area contributed by atoms with Crippen molar-refractivity contribution in [1.29, 1.82) is 0 Å². The molecule has 0 rings (SSSR count). The molecule has 0 nitrogen and oxygen atoms in total.